The highest BCUT2D eigenvalue weighted by atomic mass is 14.6. The van der Waals surface area contributed by atoms with Crippen molar-refractivity contribution < 1.29 is 0 Å². The standard InChI is InChI=1S/C44H46/c1-23(2)37-28(7)19-25(4)22-44(37)34-17-16-30-39(43(10,11)40-29-14-12-13-15-33(29)42(8,9)41(30)40)36(34)32-21-27(6)35-26(5)18-24(3)20-31(35)38(32)44/h12-23,37H,1-11H3. The molecule has 0 saturated carbocycles. The summed E-state index contributed by atoms with van der Waals surface area (Å²) >= 11 is 0. The zero-order valence-electron chi connectivity index (χ0n) is 28.5. The molecule has 0 fully saturated rings. The lowest BCUT2D eigenvalue weighted by Gasteiger charge is -2.44. The topological polar surface area (TPSA) is 0 Å². The number of rotatable bonds is 1. The number of hydrogen-bond donors (Lipinski definition) is 0. The Balaban J connectivity index is 1.56. The number of fused-ring (bicyclic) bond motifs is 12. The van der Waals surface area contributed by atoms with E-state index in [2.05, 4.69) is 143 Å². The van der Waals surface area contributed by atoms with E-state index in [0.717, 1.165) is 0 Å². The second-order valence-electron chi connectivity index (χ2n) is 15.9. The maximum absolute atomic E-state index is 2.66. The number of aryl methyl sites for hydroxylation is 3. The van der Waals surface area contributed by atoms with Crippen molar-refractivity contribution in [3.63, 3.8) is 0 Å². The molecule has 1 spiro atoms. The van der Waals surface area contributed by atoms with Gasteiger partial charge in [0.15, 0.2) is 0 Å². The fraction of sp³-hybridized carbons (Fsp3) is 0.364. The largest absolute Gasteiger partial charge is 0.0682 e. The lowest BCUT2D eigenvalue weighted by molar-refractivity contribution is 0.336. The van der Waals surface area contributed by atoms with Crippen molar-refractivity contribution in [3.05, 3.63) is 128 Å². The van der Waals surface area contributed by atoms with Crippen LogP contribution in [0.1, 0.15) is 105 Å². The van der Waals surface area contributed by atoms with Gasteiger partial charge in [0, 0.05) is 16.2 Å². The third-order valence-electron chi connectivity index (χ3n) is 11.9. The van der Waals surface area contributed by atoms with E-state index in [1.807, 2.05) is 0 Å². The zero-order valence-corrected chi connectivity index (χ0v) is 28.5. The minimum absolute atomic E-state index is 0.0313. The van der Waals surface area contributed by atoms with E-state index in [1.54, 1.807) is 22.3 Å². The molecule has 0 bridgehead atoms. The highest BCUT2D eigenvalue weighted by Gasteiger charge is 2.56. The van der Waals surface area contributed by atoms with Crippen molar-refractivity contribution in [1.29, 1.82) is 0 Å². The van der Waals surface area contributed by atoms with Gasteiger partial charge in [-0.3, -0.25) is 0 Å². The normalized spacial score (nSPS) is 23.5. The van der Waals surface area contributed by atoms with Crippen molar-refractivity contribution in [2.75, 3.05) is 0 Å². The molecule has 0 N–H and O–H groups in total. The van der Waals surface area contributed by atoms with Crippen LogP contribution < -0.4 is 0 Å². The molecular weight excluding hydrogens is 528 g/mol. The Morgan fingerprint density at radius 3 is 2.07 bits per heavy atom. The summed E-state index contributed by atoms with van der Waals surface area (Å²) in [6.45, 7) is 26.4. The van der Waals surface area contributed by atoms with E-state index < -0.39 is 0 Å². The van der Waals surface area contributed by atoms with Crippen LogP contribution in [0.2, 0.25) is 0 Å². The molecule has 0 aliphatic heterocycles. The molecule has 8 rings (SSSR count). The first kappa shape index (κ1) is 27.9. The van der Waals surface area contributed by atoms with Gasteiger partial charge in [0.05, 0.1) is 0 Å². The highest BCUT2D eigenvalue weighted by molar-refractivity contribution is 6.13. The summed E-state index contributed by atoms with van der Waals surface area (Å²) < 4.78 is 0. The minimum Gasteiger partial charge on any atom is -0.0682 e. The molecule has 0 amide bonds. The number of allylic oxidation sites excluding steroid dienone is 6. The van der Waals surface area contributed by atoms with Crippen LogP contribution in [0.4, 0.5) is 0 Å². The van der Waals surface area contributed by atoms with Crippen LogP contribution in [0.5, 0.6) is 0 Å². The molecule has 4 aliphatic rings. The van der Waals surface area contributed by atoms with Gasteiger partial charge in [-0.1, -0.05) is 125 Å². The zero-order chi connectivity index (χ0) is 31.2. The molecule has 0 saturated heterocycles. The van der Waals surface area contributed by atoms with Crippen LogP contribution in [0, 0.1) is 32.6 Å². The van der Waals surface area contributed by atoms with E-state index in [4.69, 9.17) is 0 Å². The Hall–Kier alpha value is -3.64. The summed E-state index contributed by atoms with van der Waals surface area (Å²) in [5.41, 5.74) is 21.7. The molecule has 2 unspecified atom stereocenters. The third-order valence-corrected chi connectivity index (χ3v) is 11.9. The molecule has 4 aromatic rings. The Morgan fingerprint density at radius 2 is 1.34 bits per heavy atom. The smallest absolute Gasteiger partial charge is 0.0473 e. The Bertz CT molecular complexity index is 2080. The molecular formula is C44H46. The summed E-state index contributed by atoms with van der Waals surface area (Å²) in [4.78, 5) is 0. The second-order valence-corrected chi connectivity index (χ2v) is 15.9. The van der Waals surface area contributed by atoms with Gasteiger partial charge in [0.2, 0.25) is 0 Å². The fourth-order valence-electron chi connectivity index (χ4n) is 11.0. The first-order valence-corrected chi connectivity index (χ1v) is 16.7. The van der Waals surface area contributed by atoms with Gasteiger partial charge in [0.25, 0.3) is 0 Å². The predicted octanol–water partition coefficient (Wildman–Crippen LogP) is 11.7. The van der Waals surface area contributed by atoms with Crippen LogP contribution >= 0.6 is 0 Å². The Kier molecular flexibility index (Phi) is 5.41. The van der Waals surface area contributed by atoms with Crippen LogP contribution in [0.3, 0.4) is 0 Å². The first-order valence-electron chi connectivity index (χ1n) is 16.7. The molecule has 0 heterocycles. The molecule has 4 aromatic carbocycles. The first-order chi connectivity index (χ1) is 20.7. The van der Waals surface area contributed by atoms with Crippen LogP contribution in [0.25, 0.3) is 33.0 Å². The van der Waals surface area contributed by atoms with Crippen LogP contribution in [-0.2, 0) is 16.2 Å². The molecule has 2 atom stereocenters. The van der Waals surface area contributed by atoms with Gasteiger partial charge in [-0.15, -0.1) is 0 Å². The van der Waals surface area contributed by atoms with Crippen LogP contribution in [0.15, 0.2) is 77.9 Å². The number of benzene rings is 4. The average molecular weight is 575 g/mol. The van der Waals surface area contributed by atoms with Crippen molar-refractivity contribution in [2.24, 2.45) is 11.8 Å². The quantitative estimate of drug-likeness (QED) is 0.212. The van der Waals surface area contributed by atoms with Crippen molar-refractivity contribution in [2.45, 2.75) is 92.4 Å². The maximum atomic E-state index is 2.66. The van der Waals surface area contributed by atoms with E-state index >= 15 is 0 Å². The van der Waals surface area contributed by atoms with Gasteiger partial charge in [-0.05, 0) is 124 Å². The SMILES string of the molecule is CC1=CC2(c3ccc4c(c3-c3cc(C)c5c(C)cc(C)cc5c32)C(C)(C)C2=C4C(C)(C)c3ccccc32)C(C(C)C)C(C)=C1. The minimum atomic E-state index is -0.209. The van der Waals surface area contributed by atoms with Gasteiger partial charge in [-0.25, -0.2) is 0 Å². The molecule has 222 valence electrons. The van der Waals surface area contributed by atoms with Crippen LogP contribution in [-0.4, -0.2) is 0 Å². The van der Waals surface area contributed by atoms with Gasteiger partial charge in [-0.2, -0.15) is 0 Å². The summed E-state index contributed by atoms with van der Waals surface area (Å²) in [6, 6.07) is 21.7. The van der Waals surface area contributed by atoms with E-state index in [0.29, 0.717) is 11.8 Å². The summed E-state index contributed by atoms with van der Waals surface area (Å²) in [5.74, 6) is 0.879. The van der Waals surface area contributed by atoms with E-state index in [9.17, 15) is 0 Å². The summed E-state index contributed by atoms with van der Waals surface area (Å²) in [6.07, 6.45) is 5.11. The lowest BCUT2D eigenvalue weighted by Crippen LogP contribution is -2.39. The fourth-order valence-corrected chi connectivity index (χ4v) is 11.0. The van der Waals surface area contributed by atoms with Crippen molar-refractivity contribution >= 4 is 21.9 Å². The molecule has 4 aliphatic carbocycles. The second kappa shape index (κ2) is 8.54. The predicted molar refractivity (Wildman–Crippen MR) is 190 cm³/mol. The van der Waals surface area contributed by atoms with Crippen molar-refractivity contribution in [1.82, 2.24) is 0 Å². The van der Waals surface area contributed by atoms with Gasteiger partial charge >= 0.3 is 0 Å². The monoisotopic (exact) mass is 574 g/mol. The molecule has 44 heavy (non-hydrogen) atoms. The third kappa shape index (κ3) is 3.10. The highest BCUT2D eigenvalue weighted by Crippen LogP contribution is 2.68. The van der Waals surface area contributed by atoms with Gasteiger partial charge < -0.3 is 0 Å². The van der Waals surface area contributed by atoms with Gasteiger partial charge in [0.1, 0.15) is 0 Å². The average Bonchev–Trinajstić information content (AvgIpc) is 3.44. The summed E-state index contributed by atoms with van der Waals surface area (Å²) in [5, 5.41) is 2.89. The molecule has 0 radical (unpaired) electrons. The summed E-state index contributed by atoms with van der Waals surface area (Å²) in [7, 11) is 0. The Morgan fingerprint density at radius 1 is 0.659 bits per heavy atom. The van der Waals surface area contributed by atoms with E-state index in [1.165, 1.54) is 72.0 Å². The molecule has 0 nitrogen and oxygen atoms in total. The maximum Gasteiger partial charge on any atom is 0.0473 e. The molecule has 0 heteroatoms. The number of hydrogen-bond acceptors (Lipinski definition) is 0. The Labute approximate surface area is 264 Å². The lowest BCUT2D eigenvalue weighted by atomic mass is 9.58. The van der Waals surface area contributed by atoms with Crippen molar-refractivity contribution in [3.8, 4) is 11.1 Å². The van der Waals surface area contributed by atoms with E-state index in [-0.39, 0.29) is 16.2 Å². The molecule has 0 aromatic heterocycles.